The highest BCUT2D eigenvalue weighted by Crippen LogP contribution is 2.55. The van der Waals surface area contributed by atoms with E-state index in [4.69, 9.17) is 19.9 Å². The fourth-order valence-electron chi connectivity index (χ4n) is 13.6. The summed E-state index contributed by atoms with van der Waals surface area (Å²) in [5.41, 5.74) is 25.6. The van der Waals surface area contributed by atoms with Gasteiger partial charge in [0, 0.05) is 91.7 Å². The van der Waals surface area contributed by atoms with Gasteiger partial charge < -0.3 is 4.57 Å². The number of rotatable bonds is 9. The lowest BCUT2D eigenvalue weighted by atomic mass is 9.94. The van der Waals surface area contributed by atoms with E-state index in [1.807, 2.05) is 41.7 Å². The molecule has 0 unspecified atom stereocenters. The van der Waals surface area contributed by atoms with Crippen molar-refractivity contribution in [2.75, 3.05) is 0 Å². The summed E-state index contributed by atoms with van der Waals surface area (Å²) in [7, 11) is 0. The molecule has 6 heterocycles. The Balaban J connectivity index is 0.747. The maximum absolute atomic E-state index is 5.53. The van der Waals surface area contributed by atoms with Gasteiger partial charge in [0.2, 0.25) is 5.95 Å². The van der Waals surface area contributed by atoms with E-state index < -0.39 is 0 Å². The van der Waals surface area contributed by atoms with Crippen LogP contribution >= 0.6 is 23.5 Å². The van der Waals surface area contributed by atoms with E-state index in [1.165, 1.54) is 48.0 Å². The summed E-state index contributed by atoms with van der Waals surface area (Å²) in [6.45, 7) is 0. The third kappa shape index (κ3) is 9.13. The highest BCUT2D eigenvalue weighted by Gasteiger charge is 2.32. The number of hydrogen-bond donors (Lipinski definition) is 0. The Morgan fingerprint density at radius 3 is 1.28 bits per heavy atom. The lowest BCUT2D eigenvalue weighted by Gasteiger charge is -2.16. The molecular formula is C84H52N6S2. The molecule has 6 nitrogen and oxygen atoms in total. The van der Waals surface area contributed by atoms with E-state index in [0.29, 0.717) is 11.8 Å². The van der Waals surface area contributed by atoms with Gasteiger partial charge in [-0.25, -0.2) is 19.9 Å². The van der Waals surface area contributed by atoms with Gasteiger partial charge in [-0.05, 0) is 82.4 Å². The summed E-state index contributed by atoms with van der Waals surface area (Å²) in [5.74, 6) is 1.28. The molecule has 0 spiro atoms. The van der Waals surface area contributed by atoms with Crippen LogP contribution in [0.2, 0.25) is 0 Å². The van der Waals surface area contributed by atoms with Gasteiger partial charge in [0.25, 0.3) is 0 Å². The Morgan fingerprint density at radius 1 is 0.250 bits per heavy atom. The van der Waals surface area contributed by atoms with Crippen LogP contribution in [-0.2, 0) is 0 Å². The predicted molar refractivity (Wildman–Crippen MR) is 379 cm³/mol. The Bertz CT molecular complexity index is 5490. The molecule has 0 atom stereocenters. The minimum atomic E-state index is 0.609. The fourth-order valence-corrected chi connectivity index (χ4v) is 15.8. The van der Waals surface area contributed by atoms with Crippen molar-refractivity contribution in [3.63, 3.8) is 0 Å². The van der Waals surface area contributed by atoms with Gasteiger partial charge in [0.15, 0.2) is 5.82 Å². The molecule has 0 N–H and O–H groups in total. The minimum Gasteiger partial charge on any atom is -0.309 e. The van der Waals surface area contributed by atoms with Crippen LogP contribution in [0.25, 0.3) is 157 Å². The molecule has 0 radical (unpaired) electrons. The predicted octanol–water partition coefficient (Wildman–Crippen LogP) is 22.4. The van der Waals surface area contributed by atoms with E-state index in [9.17, 15) is 0 Å². The van der Waals surface area contributed by atoms with Crippen molar-refractivity contribution in [3.05, 3.63) is 315 Å². The largest absolute Gasteiger partial charge is 0.309 e. The first-order valence-corrected chi connectivity index (χ1v) is 32.6. The summed E-state index contributed by atoms with van der Waals surface area (Å²) in [6.07, 6.45) is 0. The number of fused-ring (bicyclic) bond motifs is 14. The Morgan fingerprint density at radius 2 is 0.663 bits per heavy atom. The van der Waals surface area contributed by atoms with Crippen LogP contribution in [0, 0.1) is 0 Å². The zero-order valence-corrected chi connectivity index (χ0v) is 51.2. The Hall–Kier alpha value is -11.4. The van der Waals surface area contributed by atoms with Gasteiger partial charge in [0.05, 0.1) is 45.2 Å². The molecule has 0 fully saturated rings. The van der Waals surface area contributed by atoms with Gasteiger partial charge in [-0.1, -0.05) is 284 Å². The second-order valence-corrected chi connectivity index (χ2v) is 25.4. The molecule has 430 valence electrons. The summed E-state index contributed by atoms with van der Waals surface area (Å²) in [4.78, 5) is 26.4. The van der Waals surface area contributed by atoms with Crippen LogP contribution in [-0.4, -0.2) is 29.1 Å². The highest BCUT2D eigenvalue weighted by molar-refractivity contribution is 8.00. The van der Waals surface area contributed by atoms with Gasteiger partial charge in [-0.2, -0.15) is 0 Å². The quantitative estimate of drug-likeness (QED) is 0.144. The molecule has 92 heavy (non-hydrogen) atoms. The van der Waals surface area contributed by atoms with E-state index in [2.05, 4.69) is 306 Å². The SMILES string of the molecule is c1ccc(-c2cc(-c3ccccc3)nc(-n3c4c(c5cccc(-c6ccccc6)c53)-c3ccc(-c5ccc(-c6cc(-c7ccc(-n8c9c(c%10ccccc%108)-c8ccccc8Sc8ccccc8-9)cc7)nc(-c7ccccc7)n6)cc5)cc3Sc3ccccc3-4)n2)cc1. The number of nitrogens with zero attached hydrogens (tertiary/aromatic N) is 6. The van der Waals surface area contributed by atoms with Crippen molar-refractivity contribution in [1.29, 1.82) is 0 Å². The number of benzene rings is 12. The maximum Gasteiger partial charge on any atom is 0.235 e. The van der Waals surface area contributed by atoms with Crippen molar-refractivity contribution in [2.45, 2.75) is 19.6 Å². The molecule has 8 heteroatoms. The summed E-state index contributed by atoms with van der Waals surface area (Å²) in [6, 6.07) is 113. The van der Waals surface area contributed by atoms with Crippen LogP contribution < -0.4 is 0 Å². The van der Waals surface area contributed by atoms with Gasteiger partial charge >= 0.3 is 0 Å². The molecule has 12 aromatic carbocycles. The van der Waals surface area contributed by atoms with Crippen molar-refractivity contribution in [3.8, 4) is 135 Å². The lowest BCUT2D eigenvalue weighted by Crippen LogP contribution is -2.06. The smallest absolute Gasteiger partial charge is 0.235 e. The molecule has 0 bridgehead atoms. The first kappa shape index (κ1) is 53.6. The second kappa shape index (κ2) is 22.3. The molecule has 4 aromatic heterocycles. The molecule has 18 rings (SSSR count). The highest BCUT2D eigenvalue weighted by atomic mass is 32.2. The number of para-hydroxylation sites is 2. The summed E-state index contributed by atoms with van der Waals surface area (Å²) < 4.78 is 4.79. The van der Waals surface area contributed by atoms with Gasteiger partial charge in [0.1, 0.15) is 0 Å². The molecule has 16 aromatic rings. The fraction of sp³-hybridized carbons (Fsp3) is 0. The zero-order chi connectivity index (χ0) is 60.6. The standard InChI is InChI=1S/C84H52N6S2/c1-5-22-54(23-6-1)62-34-21-35-68-79-65-49-46-60(50-77(65)92-76-39-20-16-33-67(76)82(79)90(80(62)68)84-87-71(55-24-7-2-8-25-55)52-72(88-84)56-26-9-3-10-27-56)53-40-42-57(43-41-53)69-51-70(86-83(85-69)59-28-11-4-12-29-59)58-44-47-61(48-45-58)89-73-36-17-13-30-63(73)78-64-31-14-18-37-74(64)91-75-38-19-15-32-66(75)81(78)89/h1-52H. The number of aromatic nitrogens is 6. The molecular weight excluding hydrogens is 1160 g/mol. The van der Waals surface area contributed by atoms with Crippen LogP contribution in [0.3, 0.4) is 0 Å². The Kier molecular flexibility index (Phi) is 13.0. The summed E-state index contributed by atoms with van der Waals surface area (Å²) in [5, 5.41) is 2.36. The van der Waals surface area contributed by atoms with Crippen LogP contribution in [0.15, 0.2) is 335 Å². The summed E-state index contributed by atoms with van der Waals surface area (Å²) >= 11 is 3.66. The van der Waals surface area contributed by atoms with Crippen molar-refractivity contribution in [1.82, 2.24) is 29.1 Å². The van der Waals surface area contributed by atoms with Crippen molar-refractivity contribution in [2.24, 2.45) is 0 Å². The minimum absolute atomic E-state index is 0.609. The topological polar surface area (TPSA) is 61.4 Å². The van der Waals surface area contributed by atoms with E-state index in [0.717, 1.165) is 117 Å². The normalized spacial score (nSPS) is 12.0. The van der Waals surface area contributed by atoms with E-state index in [-0.39, 0.29) is 0 Å². The van der Waals surface area contributed by atoms with E-state index >= 15 is 0 Å². The van der Waals surface area contributed by atoms with Crippen molar-refractivity contribution >= 4 is 45.3 Å². The van der Waals surface area contributed by atoms with Crippen LogP contribution in [0.1, 0.15) is 0 Å². The first-order chi connectivity index (χ1) is 45.6. The van der Waals surface area contributed by atoms with Crippen LogP contribution in [0.5, 0.6) is 0 Å². The number of hydrogen-bond acceptors (Lipinski definition) is 6. The van der Waals surface area contributed by atoms with Gasteiger partial charge in [-0.15, -0.1) is 0 Å². The molecule has 0 aliphatic carbocycles. The average Bonchev–Trinajstić information content (AvgIpc) is 1.56. The third-order valence-electron chi connectivity index (χ3n) is 17.8. The Labute approximate surface area is 540 Å². The van der Waals surface area contributed by atoms with Gasteiger partial charge in [-0.3, -0.25) is 4.57 Å². The first-order valence-electron chi connectivity index (χ1n) is 30.9. The monoisotopic (exact) mass is 1210 g/mol. The molecule has 0 saturated heterocycles. The second-order valence-electron chi connectivity index (χ2n) is 23.2. The maximum atomic E-state index is 5.53. The van der Waals surface area contributed by atoms with Crippen LogP contribution in [0.4, 0.5) is 0 Å². The third-order valence-corrected chi connectivity index (χ3v) is 20.1. The molecule has 0 amide bonds. The van der Waals surface area contributed by atoms with E-state index in [1.54, 1.807) is 0 Å². The molecule has 0 saturated carbocycles. The average molecular weight is 1210 g/mol. The molecule has 2 aliphatic rings. The van der Waals surface area contributed by atoms with Crippen molar-refractivity contribution < 1.29 is 0 Å². The lowest BCUT2D eigenvalue weighted by molar-refractivity contribution is 0.973. The zero-order valence-electron chi connectivity index (χ0n) is 49.5. The molecule has 2 aliphatic heterocycles.